The van der Waals surface area contributed by atoms with Crippen LogP contribution in [0.4, 0.5) is 0 Å². The first-order chi connectivity index (χ1) is 9.74. The normalized spacial score (nSPS) is 10.7. The molecule has 0 aliphatic carbocycles. The third kappa shape index (κ3) is 2.79. The molecule has 1 heterocycles. The first-order valence-corrected chi connectivity index (χ1v) is 7.32. The molecule has 0 aliphatic rings. The molecule has 100 valence electrons. The van der Waals surface area contributed by atoms with Gasteiger partial charge in [-0.05, 0) is 33.6 Å². The molecule has 0 radical (unpaired) electrons. The maximum atomic E-state index is 6.26. The van der Waals surface area contributed by atoms with Crippen LogP contribution in [-0.2, 0) is 6.61 Å². The van der Waals surface area contributed by atoms with Gasteiger partial charge < -0.3 is 4.74 Å². The molecule has 1 aromatic heterocycles. The third-order valence-corrected chi connectivity index (χ3v) is 3.67. The number of nitrogens with zero attached hydrogens (tertiary/aromatic N) is 1. The molecule has 0 saturated heterocycles. The summed E-state index contributed by atoms with van der Waals surface area (Å²) >= 11 is 9.66. The summed E-state index contributed by atoms with van der Waals surface area (Å²) in [5, 5.41) is 1.49. The molecule has 3 rings (SSSR count). The van der Waals surface area contributed by atoms with Gasteiger partial charge in [0.25, 0.3) is 0 Å². The van der Waals surface area contributed by atoms with Crippen LogP contribution in [-0.4, -0.2) is 4.98 Å². The van der Waals surface area contributed by atoms with Gasteiger partial charge in [-0.3, -0.25) is 0 Å². The predicted octanol–water partition coefficient (Wildman–Crippen LogP) is 5.23. The molecule has 0 unspecified atom stereocenters. The van der Waals surface area contributed by atoms with E-state index in [9.17, 15) is 0 Å². The number of rotatable bonds is 3. The van der Waals surface area contributed by atoms with Gasteiger partial charge in [0.15, 0.2) is 0 Å². The van der Waals surface area contributed by atoms with Crippen molar-refractivity contribution in [2.75, 3.05) is 0 Å². The van der Waals surface area contributed by atoms with Gasteiger partial charge >= 0.3 is 0 Å². The molecule has 0 amide bonds. The largest absolute Gasteiger partial charge is 0.488 e. The number of benzene rings is 2. The highest BCUT2D eigenvalue weighted by atomic mass is 79.9. The van der Waals surface area contributed by atoms with E-state index in [4.69, 9.17) is 16.3 Å². The Morgan fingerprint density at radius 3 is 2.65 bits per heavy atom. The zero-order valence-electron chi connectivity index (χ0n) is 10.5. The Morgan fingerprint density at radius 1 is 1.05 bits per heavy atom. The number of ether oxygens (including phenoxy) is 1. The summed E-state index contributed by atoms with van der Waals surface area (Å²) < 4.78 is 6.64. The van der Waals surface area contributed by atoms with Crippen LogP contribution in [0.15, 0.2) is 59.2 Å². The van der Waals surface area contributed by atoms with E-state index < -0.39 is 0 Å². The first kappa shape index (κ1) is 13.4. The summed E-state index contributed by atoms with van der Waals surface area (Å²) in [7, 11) is 0. The summed E-state index contributed by atoms with van der Waals surface area (Å²) in [6.45, 7) is 0.498. The molecule has 2 nitrogen and oxygen atoms in total. The molecule has 0 atom stereocenters. The lowest BCUT2D eigenvalue weighted by Gasteiger charge is -2.11. The Labute approximate surface area is 130 Å². The van der Waals surface area contributed by atoms with E-state index in [2.05, 4.69) is 20.9 Å². The second-order valence-corrected chi connectivity index (χ2v) is 5.57. The maximum absolute atomic E-state index is 6.26. The van der Waals surface area contributed by atoms with Crippen molar-refractivity contribution in [2.24, 2.45) is 0 Å². The van der Waals surface area contributed by atoms with Crippen molar-refractivity contribution in [1.82, 2.24) is 4.98 Å². The molecule has 0 saturated carbocycles. The molecule has 0 aliphatic heterocycles. The zero-order chi connectivity index (χ0) is 13.9. The number of aromatic nitrogens is 1. The van der Waals surface area contributed by atoms with Crippen molar-refractivity contribution in [1.29, 1.82) is 0 Å². The molecule has 2 aromatic carbocycles. The van der Waals surface area contributed by atoms with Gasteiger partial charge in [-0.25, -0.2) is 4.98 Å². The average Bonchev–Trinajstić information content (AvgIpc) is 2.45. The fraction of sp³-hybridized carbons (Fsp3) is 0.0625. The summed E-state index contributed by atoms with van der Waals surface area (Å²) in [5.41, 5.74) is 1.93. The van der Waals surface area contributed by atoms with E-state index in [1.807, 2.05) is 54.6 Å². The lowest BCUT2D eigenvalue weighted by atomic mass is 10.2. The van der Waals surface area contributed by atoms with E-state index in [1.165, 1.54) is 0 Å². The zero-order valence-corrected chi connectivity index (χ0v) is 12.9. The molecule has 4 heteroatoms. The van der Waals surface area contributed by atoms with E-state index >= 15 is 0 Å². The highest BCUT2D eigenvalue weighted by Crippen LogP contribution is 2.33. The fourth-order valence-corrected chi connectivity index (χ4v) is 2.69. The minimum atomic E-state index is 0.498. The molecule has 3 aromatic rings. The number of pyridine rings is 1. The van der Waals surface area contributed by atoms with Crippen LogP contribution in [0, 0.1) is 0 Å². The van der Waals surface area contributed by atoms with Crippen molar-refractivity contribution in [3.05, 3.63) is 69.8 Å². The van der Waals surface area contributed by atoms with Crippen LogP contribution >= 0.6 is 27.5 Å². The molecule has 0 N–H and O–H groups in total. The molecular weight excluding hydrogens is 338 g/mol. The molecule has 0 fully saturated rings. The van der Waals surface area contributed by atoms with Crippen molar-refractivity contribution in [2.45, 2.75) is 6.61 Å². The van der Waals surface area contributed by atoms with Crippen LogP contribution in [0.25, 0.3) is 10.9 Å². The number of hydrogen-bond donors (Lipinski definition) is 0. The lowest BCUT2D eigenvalue weighted by Crippen LogP contribution is -1.97. The smallest absolute Gasteiger partial charge is 0.133 e. The van der Waals surface area contributed by atoms with Crippen LogP contribution in [0.2, 0.25) is 5.02 Å². The van der Waals surface area contributed by atoms with Crippen molar-refractivity contribution in [3.63, 3.8) is 0 Å². The first-order valence-electron chi connectivity index (χ1n) is 6.15. The van der Waals surface area contributed by atoms with Crippen molar-refractivity contribution >= 4 is 38.4 Å². The van der Waals surface area contributed by atoms with Gasteiger partial charge in [0.05, 0.1) is 15.9 Å². The average molecular weight is 349 g/mol. The maximum Gasteiger partial charge on any atom is 0.133 e. The van der Waals surface area contributed by atoms with E-state index in [0.717, 1.165) is 26.8 Å². The van der Waals surface area contributed by atoms with Gasteiger partial charge in [0.2, 0.25) is 0 Å². The van der Waals surface area contributed by atoms with Crippen LogP contribution in [0.5, 0.6) is 5.75 Å². The van der Waals surface area contributed by atoms with E-state index in [-0.39, 0.29) is 0 Å². The van der Waals surface area contributed by atoms with Gasteiger partial charge in [0.1, 0.15) is 17.0 Å². The van der Waals surface area contributed by atoms with E-state index in [0.29, 0.717) is 11.6 Å². The second kappa shape index (κ2) is 5.81. The van der Waals surface area contributed by atoms with E-state index in [1.54, 1.807) is 0 Å². The summed E-state index contributed by atoms with van der Waals surface area (Å²) in [6, 6.07) is 17.5. The van der Waals surface area contributed by atoms with Crippen LogP contribution in [0.1, 0.15) is 5.56 Å². The highest BCUT2D eigenvalue weighted by molar-refractivity contribution is 9.10. The van der Waals surface area contributed by atoms with Gasteiger partial charge in [-0.2, -0.15) is 0 Å². The number of halogens is 2. The van der Waals surface area contributed by atoms with Crippen LogP contribution in [0.3, 0.4) is 0 Å². The topological polar surface area (TPSA) is 22.1 Å². The van der Waals surface area contributed by atoms with Crippen molar-refractivity contribution < 1.29 is 4.74 Å². The number of fused-ring (bicyclic) bond motifs is 1. The molecule has 0 bridgehead atoms. The minimum absolute atomic E-state index is 0.498. The fourth-order valence-electron chi connectivity index (χ4n) is 2.03. The molecule has 0 spiro atoms. The number of hydrogen-bond acceptors (Lipinski definition) is 2. The van der Waals surface area contributed by atoms with Gasteiger partial charge in [-0.1, -0.05) is 48.0 Å². The minimum Gasteiger partial charge on any atom is -0.488 e. The third-order valence-electron chi connectivity index (χ3n) is 2.95. The monoisotopic (exact) mass is 347 g/mol. The summed E-state index contributed by atoms with van der Waals surface area (Å²) in [4.78, 5) is 4.40. The SMILES string of the molecule is Clc1cccc2nc(Br)cc(OCc3ccccc3)c12. The Balaban J connectivity index is 1.98. The Bertz CT molecular complexity index is 746. The Kier molecular flexibility index (Phi) is 3.90. The Morgan fingerprint density at radius 2 is 1.85 bits per heavy atom. The quantitative estimate of drug-likeness (QED) is 0.605. The summed E-state index contributed by atoms with van der Waals surface area (Å²) in [5.74, 6) is 0.733. The molecular formula is C16H11BrClNO. The predicted molar refractivity (Wildman–Crippen MR) is 85.2 cm³/mol. The molecule has 20 heavy (non-hydrogen) atoms. The highest BCUT2D eigenvalue weighted by Gasteiger charge is 2.09. The van der Waals surface area contributed by atoms with Gasteiger partial charge in [0, 0.05) is 6.07 Å². The van der Waals surface area contributed by atoms with Gasteiger partial charge in [-0.15, -0.1) is 0 Å². The Hall–Kier alpha value is -1.58. The lowest BCUT2D eigenvalue weighted by molar-refractivity contribution is 0.309. The summed E-state index contributed by atoms with van der Waals surface area (Å²) in [6.07, 6.45) is 0. The van der Waals surface area contributed by atoms with Crippen molar-refractivity contribution in [3.8, 4) is 5.75 Å². The standard InChI is InChI=1S/C16H11BrClNO/c17-15-9-14(20-10-11-5-2-1-3-6-11)16-12(18)7-4-8-13(16)19-15/h1-9H,10H2. The van der Waals surface area contributed by atoms with Crippen LogP contribution < -0.4 is 4.74 Å². The second-order valence-electron chi connectivity index (χ2n) is 4.35.